The molecule has 0 radical (unpaired) electrons. The summed E-state index contributed by atoms with van der Waals surface area (Å²) < 4.78 is 8.13. The van der Waals surface area contributed by atoms with Crippen LogP contribution in [0.5, 0.6) is 0 Å². The average Bonchev–Trinajstić information content (AvgIpc) is 2.90. The lowest BCUT2D eigenvalue weighted by atomic mass is 9.85. The van der Waals surface area contributed by atoms with Crippen LogP contribution < -0.4 is 5.32 Å². The zero-order chi connectivity index (χ0) is 17.1. The Balaban J connectivity index is 1.83. The molecule has 2 heterocycles. The number of hydrogen-bond donors (Lipinski definition) is 2. The molecule has 132 valence electrons. The molecular weight excluding hydrogens is 372 g/mol. The van der Waals surface area contributed by atoms with Gasteiger partial charge in [-0.2, -0.15) is 0 Å². The molecule has 1 saturated carbocycles. The Morgan fingerprint density at radius 2 is 2.17 bits per heavy atom. The van der Waals surface area contributed by atoms with Gasteiger partial charge in [0.05, 0.1) is 17.8 Å². The van der Waals surface area contributed by atoms with E-state index in [2.05, 4.69) is 39.2 Å². The number of hydrogen-bond acceptors (Lipinski definition) is 5. The first kappa shape index (κ1) is 17.6. The van der Waals surface area contributed by atoms with Crippen LogP contribution in [-0.4, -0.2) is 45.6 Å². The van der Waals surface area contributed by atoms with Crippen LogP contribution in [0.3, 0.4) is 0 Å². The number of anilines is 1. The first-order chi connectivity index (χ1) is 11.6. The third kappa shape index (κ3) is 3.90. The number of methoxy groups -OCH3 is 1. The zero-order valence-electron chi connectivity index (χ0n) is 14.2. The fourth-order valence-corrected chi connectivity index (χ4v) is 3.80. The molecule has 1 atom stereocenters. The van der Waals surface area contributed by atoms with Crippen LogP contribution in [0.4, 0.5) is 5.95 Å². The summed E-state index contributed by atoms with van der Waals surface area (Å²) in [4.78, 5) is 4.43. The van der Waals surface area contributed by atoms with Gasteiger partial charge < -0.3 is 15.2 Å². The highest BCUT2D eigenvalue weighted by Crippen LogP contribution is 2.36. The van der Waals surface area contributed by atoms with Crippen molar-refractivity contribution in [1.29, 1.82) is 0 Å². The summed E-state index contributed by atoms with van der Waals surface area (Å²) in [6.45, 7) is 2.81. The highest BCUT2D eigenvalue weighted by molar-refractivity contribution is 9.10. The van der Waals surface area contributed by atoms with E-state index in [-0.39, 0.29) is 12.1 Å². The third-order valence-electron chi connectivity index (χ3n) is 4.74. The van der Waals surface area contributed by atoms with Gasteiger partial charge in [0.15, 0.2) is 0 Å². The molecule has 0 aromatic carbocycles. The predicted molar refractivity (Wildman–Crippen MR) is 97.5 cm³/mol. The second-order valence-electron chi connectivity index (χ2n) is 6.63. The van der Waals surface area contributed by atoms with Gasteiger partial charge in [0.25, 0.3) is 0 Å². The molecule has 0 spiro atoms. The van der Waals surface area contributed by atoms with Gasteiger partial charge in [0, 0.05) is 35.8 Å². The van der Waals surface area contributed by atoms with Crippen LogP contribution in [0, 0.1) is 0 Å². The molecule has 0 bridgehead atoms. The van der Waals surface area contributed by atoms with E-state index in [1.165, 1.54) is 5.69 Å². The minimum Gasteiger partial charge on any atom is -0.393 e. The van der Waals surface area contributed by atoms with Gasteiger partial charge in [-0.15, -0.1) is 5.10 Å². The summed E-state index contributed by atoms with van der Waals surface area (Å²) in [6, 6.07) is 2.39. The van der Waals surface area contributed by atoms with Gasteiger partial charge in [0.1, 0.15) is 0 Å². The summed E-state index contributed by atoms with van der Waals surface area (Å²) in [6.07, 6.45) is 6.32. The Bertz CT molecular complexity index is 683. The molecular formula is C17H25BrN4O2. The smallest absolute Gasteiger partial charge is 0.241 e. The van der Waals surface area contributed by atoms with Crippen molar-refractivity contribution in [3.63, 3.8) is 0 Å². The van der Waals surface area contributed by atoms with Crippen molar-refractivity contribution in [2.45, 2.75) is 57.1 Å². The normalized spacial score (nSPS) is 22.7. The number of aliphatic hydroxyl groups is 1. The topological polar surface area (TPSA) is 71.7 Å². The van der Waals surface area contributed by atoms with E-state index >= 15 is 0 Å². The molecule has 1 aliphatic carbocycles. The quantitative estimate of drug-likeness (QED) is 0.782. The van der Waals surface area contributed by atoms with Crippen LogP contribution in [0.15, 0.2) is 16.7 Å². The minimum atomic E-state index is -0.149. The molecule has 0 amide bonds. The molecule has 1 aliphatic rings. The van der Waals surface area contributed by atoms with E-state index in [0.717, 1.165) is 42.1 Å². The van der Waals surface area contributed by atoms with Crippen molar-refractivity contribution in [3.8, 4) is 0 Å². The monoisotopic (exact) mass is 396 g/mol. The maximum Gasteiger partial charge on any atom is 0.241 e. The van der Waals surface area contributed by atoms with Crippen LogP contribution in [0.2, 0.25) is 0 Å². The average molecular weight is 397 g/mol. The second kappa shape index (κ2) is 7.80. The number of ether oxygens (including phenoxy) is 1. The maximum atomic E-state index is 9.74. The standard InChI is InChI=1S/C17H25BrN4O2/c1-11(7-8-24-2)20-17-19-10-16-14(18)9-15(22(16)21-17)12-3-5-13(23)6-4-12/h9-13,23H,3-8H2,1-2H3,(H,20,21)/t11?,12-,13-. The lowest BCUT2D eigenvalue weighted by Crippen LogP contribution is -2.21. The highest BCUT2D eigenvalue weighted by Gasteiger charge is 2.24. The summed E-state index contributed by atoms with van der Waals surface area (Å²) in [5.74, 6) is 1.06. The fourth-order valence-electron chi connectivity index (χ4n) is 3.29. The first-order valence-corrected chi connectivity index (χ1v) is 9.35. The number of halogens is 1. The number of nitrogens with zero attached hydrogens (tertiary/aromatic N) is 3. The van der Waals surface area contributed by atoms with Crippen molar-refractivity contribution in [1.82, 2.24) is 14.6 Å². The summed E-state index contributed by atoms with van der Waals surface area (Å²) >= 11 is 3.62. The minimum absolute atomic E-state index is 0.149. The van der Waals surface area contributed by atoms with Crippen molar-refractivity contribution >= 4 is 27.4 Å². The zero-order valence-corrected chi connectivity index (χ0v) is 15.8. The highest BCUT2D eigenvalue weighted by atomic mass is 79.9. The van der Waals surface area contributed by atoms with Crippen LogP contribution in [0.1, 0.15) is 50.6 Å². The van der Waals surface area contributed by atoms with E-state index in [0.29, 0.717) is 18.5 Å². The Labute approximate surface area is 150 Å². The fraction of sp³-hybridized carbons (Fsp3) is 0.647. The number of aliphatic hydroxyl groups excluding tert-OH is 1. The summed E-state index contributed by atoms with van der Waals surface area (Å²) in [5.41, 5.74) is 2.17. The van der Waals surface area contributed by atoms with Crippen molar-refractivity contribution < 1.29 is 9.84 Å². The maximum absolute atomic E-state index is 9.74. The van der Waals surface area contributed by atoms with Crippen LogP contribution in [0.25, 0.3) is 5.52 Å². The lowest BCUT2D eigenvalue weighted by molar-refractivity contribution is 0.121. The van der Waals surface area contributed by atoms with E-state index in [1.807, 2.05) is 10.7 Å². The molecule has 24 heavy (non-hydrogen) atoms. The predicted octanol–water partition coefficient (Wildman–Crippen LogP) is 3.35. The Hall–Kier alpha value is -1.18. The Morgan fingerprint density at radius 3 is 2.88 bits per heavy atom. The van der Waals surface area contributed by atoms with E-state index in [4.69, 9.17) is 9.84 Å². The summed E-state index contributed by atoms with van der Waals surface area (Å²) in [5, 5.41) is 17.8. The number of rotatable bonds is 6. The molecule has 0 aliphatic heterocycles. The molecule has 1 unspecified atom stereocenters. The van der Waals surface area contributed by atoms with Crippen molar-refractivity contribution in [3.05, 3.63) is 22.4 Å². The van der Waals surface area contributed by atoms with E-state index < -0.39 is 0 Å². The van der Waals surface area contributed by atoms with Crippen molar-refractivity contribution in [2.75, 3.05) is 19.0 Å². The Kier molecular flexibility index (Phi) is 5.73. The molecule has 2 N–H and O–H groups in total. The second-order valence-corrected chi connectivity index (χ2v) is 7.48. The van der Waals surface area contributed by atoms with Crippen LogP contribution in [-0.2, 0) is 4.74 Å². The number of nitrogens with one attached hydrogen (secondary N) is 1. The molecule has 2 aromatic rings. The Morgan fingerprint density at radius 1 is 1.42 bits per heavy atom. The van der Waals surface area contributed by atoms with Gasteiger partial charge in [-0.3, -0.25) is 0 Å². The van der Waals surface area contributed by atoms with E-state index in [9.17, 15) is 5.11 Å². The molecule has 0 saturated heterocycles. The molecule has 1 fully saturated rings. The lowest BCUT2D eigenvalue weighted by Gasteiger charge is -2.25. The number of fused-ring (bicyclic) bond motifs is 1. The molecule has 7 heteroatoms. The van der Waals surface area contributed by atoms with Gasteiger partial charge in [-0.05, 0) is 61.0 Å². The summed E-state index contributed by atoms with van der Waals surface area (Å²) in [7, 11) is 1.71. The number of aromatic nitrogens is 3. The van der Waals surface area contributed by atoms with E-state index in [1.54, 1.807) is 7.11 Å². The van der Waals surface area contributed by atoms with Gasteiger partial charge >= 0.3 is 0 Å². The largest absolute Gasteiger partial charge is 0.393 e. The van der Waals surface area contributed by atoms with Gasteiger partial charge in [-0.25, -0.2) is 9.50 Å². The molecule has 3 rings (SSSR count). The van der Waals surface area contributed by atoms with Gasteiger partial charge in [-0.1, -0.05) is 0 Å². The first-order valence-electron chi connectivity index (χ1n) is 8.56. The third-order valence-corrected chi connectivity index (χ3v) is 5.38. The molecule has 2 aromatic heterocycles. The van der Waals surface area contributed by atoms with Crippen molar-refractivity contribution in [2.24, 2.45) is 0 Å². The SMILES string of the molecule is COCCC(C)Nc1ncc2c(Br)cc([C@H]3CC[C@H](O)CC3)n2n1. The molecule has 6 nitrogen and oxygen atoms in total. The van der Waals surface area contributed by atoms with Gasteiger partial charge in [0.2, 0.25) is 5.95 Å². The van der Waals surface area contributed by atoms with Crippen LogP contribution >= 0.6 is 15.9 Å².